The van der Waals surface area contributed by atoms with Gasteiger partial charge in [-0.1, -0.05) is 19.0 Å². The highest BCUT2D eigenvalue weighted by atomic mass is 16.5. The van der Waals surface area contributed by atoms with E-state index >= 15 is 0 Å². The Balaban J connectivity index is 1.99. The van der Waals surface area contributed by atoms with Gasteiger partial charge in [0.15, 0.2) is 5.96 Å². The van der Waals surface area contributed by atoms with E-state index in [2.05, 4.69) is 54.5 Å². The molecule has 0 aliphatic rings. The van der Waals surface area contributed by atoms with E-state index in [1.54, 1.807) is 0 Å². The summed E-state index contributed by atoms with van der Waals surface area (Å²) in [6.07, 6.45) is 4.01. The van der Waals surface area contributed by atoms with Crippen LogP contribution in [0.15, 0.2) is 15.7 Å². The van der Waals surface area contributed by atoms with Gasteiger partial charge in [-0.2, -0.15) is 5.10 Å². The van der Waals surface area contributed by atoms with E-state index in [4.69, 9.17) is 9.52 Å². The summed E-state index contributed by atoms with van der Waals surface area (Å²) in [5.74, 6) is 2.25. The maximum atomic E-state index is 5.23. The first-order chi connectivity index (χ1) is 12.8. The highest BCUT2D eigenvalue weighted by molar-refractivity contribution is 5.79. The number of aliphatic imine (C=N–C) groups is 1. The zero-order valence-electron chi connectivity index (χ0n) is 17.8. The largest absolute Gasteiger partial charge is 0.361 e. The van der Waals surface area contributed by atoms with Gasteiger partial charge in [-0.25, -0.2) is 0 Å². The fraction of sp³-hybridized carbons (Fsp3) is 0.650. The van der Waals surface area contributed by atoms with Gasteiger partial charge in [-0.3, -0.25) is 9.67 Å². The highest BCUT2D eigenvalue weighted by Crippen LogP contribution is 2.18. The second-order valence-corrected chi connectivity index (χ2v) is 7.37. The van der Waals surface area contributed by atoms with Crippen molar-refractivity contribution in [1.29, 1.82) is 0 Å². The van der Waals surface area contributed by atoms with Crippen LogP contribution in [-0.4, -0.2) is 45.9 Å². The third-order valence-corrected chi connectivity index (χ3v) is 4.62. The molecule has 7 nitrogen and oxygen atoms in total. The number of nitrogens with one attached hydrogen (secondary N) is 1. The zero-order chi connectivity index (χ0) is 20.0. The van der Waals surface area contributed by atoms with Crippen LogP contribution in [0.25, 0.3) is 0 Å². The number of hydrogen-bond acceptors (Lipinski definition) is 4. The van der Waals surface area contributed by atoms with Gasteiger partial charge >= 0.3 is 0 Å². The summed E-state index contributed by atoms with van der Waals surface area (Å²) < 4.78 is 7.13. The summed E-state index contributed by atoms with van der Waals surface area (Å²) in [7, 11) is 4.05. The number of aryl methyl sites for hydroxylation is 3. The lowest BCUT2D eigenvalue weighted by Crippen LogP contribution is -2.38. The molecule has 0 amide bonds. The van der Waals surface area contributed by atoms with Crippen molar-refractivity contribution >= 4 is 5.96 Å². The van der Waals surface area contributed by atoms with E-state index in [-0.39, 0.29) is 0 Å². The Morgan fingerprint density at radius 1 is 1.37 bits per heavy atom. The SMILES string of the molecule is CCNC(=NCCCc1c(C)noc1C)N(C)Cc1cn(C)nc1C(C)C. The molecule has 0 radical (unpaired) electrons. The van der Waals surface area contributed by atoms with Gasteiger partial charge in [0.05, 0.1) is 11.4 Å². The summed E-state index contributed by atoms with van der Waals surface area (Å²) in [6, 6.07) is 0. The molecule has 0 unspecified atom stereocenters. The van der Waals surface area contributed by atoms with Gasteiger partial charge in [-0.15, -0.1) is 0 Å². The Kier molecular flexibility index (Phi) is 7.45. The van der Waals surface area contributed by atoms with Crippen LogP contribution in [0.3, 0.4) is 0 Å². The van der Waals surface area contributed by atoms with Crippen LogP contribution in [0, 0.1) is 13.8 Å². The number of rotatable bonds is 8. The minimum atomic E-state index is 0.407. The predicted octanol–water partition coefficient (Wildman–Crippen LogP) is 3.18. The quantitative estimate of drug-likeness (QED) is 0.436. The maximum absolute atomic E-state index is 5.23. The van der Waals surface area contributed by atoms with E-state index in [1.807, 2.05) is 25.6 Å². The van der Waals surface area contributed by atoms with Crippen molar-refractivity contribution < 1.29 is 4.52 Å². The maximum Gasteiger partial charge on any atom is 0.193 e. The molecular weight excluding hydrogens is 340 g/mol. The van der Waals surface area contributed by atoms with Crippen molar-refractivity contribution in [3.05, 3.63) is 34.5 Å². The summed E-state index contributed by atoms with van der Waals surface area (Å²) in [5.41, 5.74) is 4.59. The molecule has 0 bridgehead atoms. The molecule has 2 aromatic rings. The second-order valence-electron chi connectivity index (χ2n) is 7.37. The standard InChI is InChI=1S/C20H34N6O/c1-8-21-20(22-11-9-10-18-15(4)24-27-16(18)5)25(6)12-17-13-26(7)23-19(17)14(2)3/h13-14H,8-12H2,1-7H3,(H,21,22). The van der Waals surface area contributed by atoms with Crippen LogP contribution in [-0.2, 0) is 20.0 Å². The van der Waals surface area contributed by atoms with E-state index in [9.17, 15) is 0 Å². The Bertz CT molecular complexity index is 739. The molecule has 0 saturated heterocycles. The number of hydrogen-bond donors (Lipinski definition) is 1. The molecule has 0 spiro atoms. The first kappa shape index (κ1) is 21.0. The predicted molar refractivity (Wildman–Crippen MR) is 109 cm³/mol. The average Bonchev–Trinajstić information content (AvgIpc) is 3.13. The molecular formula is C20H34N6O. The Hall–Kier alpha value is -2.31. The van der Waals surface area contributed by atoms with Crippen LogP contribution in [0.2, 0.25) is 0 Å². The molecule has 2 aromatic heterocycles. The number of guanidine groups is 1. The molecule has 7 heteroatoms. The van der Waals surface area contributed by atoms with Crippen molar-refractivity contribution in [2.24, 2.45) is 12.0 Å². The molecule has 27 heavy (non-hydrogen) atoms. The average molecular weight is 375 g/mol. The van der Waals surface area contributed by atoms with Gasteiger partial charge in [-0.05, 0) is 39.5 Å². The monoisotopic (exact) mass is 374 g/mol. The topological polar surface area (TPSA) is 71.5 Å². The molecule has 1 N–H and O–H groups in total. The first-order valence-electron chi connectivity index (χ1n) is 9.77. The lowest BCUT2D eigenvalue weighted by atomic mass is 10.1. The molecule has 0 saturated carbocycles. The summed E-state index contributed by atoms with van der Waals surface area (Å²) in [6.45, 7) is 12.8. The Morgan fingerprint density at radius 3 is 2.70 bits per heavy atom. The fourth-order valence-corrected chi connectivity index (χ4v) is 3.26. The Morgan fingerprint density at radius 2 is 2.11 bits per heavy atom. The van der Waals surface area contributed by atoms with Crippen LogP contribution in [0.5, 0.6) is 0 Å². The molecule has 150 valence electrons. The van der Waals surface area contributed by atoms with Gasteiger partial charge in [0, 0.05) is 51.1 Å². The van der Waals surface area contributed by atoms with Crippen molar-refractivity contribution in [3.63, 3.8) is 0 Å². The third-order valence-electron chi connectivity index (χ3n) is 4.62. The lowest BCUT2D eigenvalue weighted by Gasteiger charge is -2.22. The van der Waals surface area contributed by atoms with Gasteiger partial charge in [0.2, 0.25) is 0 Å². The summed E-state index contributed by atoms with van der Waals surface area (Å²) in [5, 5.41) is 12.0. The smallest absolute Gasteiger partial charge is 0.193 e. The molecule has 0 aliphatic carbocycles. The molecule has 0 atom stereocenters. The zero-order valence-corrected chi connectivity index (χ0v) is 17.8. The van der Waals surface area contributed by atoms with Crippen LogP contribution >= 0.6 is 0 Å². The van der Waals surface area contributed by atoms with Gasteiger partial charge in [0.1, 0.15) is 5.76 Å². The van der Waals surface area contributed by atoms with Crippen molar-refractivity contribution in [3.8, 4) is 0 Å². The fourth-order valence-electron chi connectivity index (χ4n) is 3.26. The van der Waals surface area contributed by atoms with Crippen molar-refractivity contribution in [2.75, 3.05) is 20.1 Å². The van der Waals surface area contributed by atoms with E-state index in [0.29, 0.717) is 5.92 Å². The highest BCUT2D eigenvalue weighted by Gasteiger charge is 2.15. The minimum Gasteiger partial charge on any atom is -0.361 e. The number of nitrogens with zero attached hydrogens (tertiary/aromatic N) is 5. The summed E-state index contributed by atoms with van der Waals surface area (Å²) in [4.78, 5) is 6.97. The van der Waals surface area contributed by atoms with E-state index in [0.717, 1.165) is 55.6 Å². The molecule has 0 fully saturated rings. The van der Waals surface area contributed by atoms with E-state index in [1.165, 1.54) is 11.1 Å². The number of aromatic nitrogens is 3. The molecule has 0 aliphatic heterocycles. The van der Waals surface area contributed by atoms with Gasteiger partial charge < -0.3 is 14.7 Å². The minimum absolute atomic E-state index is 0.407. The first-order valence-corrected chi connectivity index (χ1v) is 9.77. The molecule has 0 aromatic carbocycles. The van der Waals surface area contributed by atoms with Crippen LogP contribution in [0.1, 0.15) is 61.4 Å². The second kappa shape index (κ2) is 9.58. The normalized spacial score (nSPS) is 12.1. The summed E-state index contributed by atoms with van der Waals surface area (Å²) >= 11 is 0. The van der Waals surface area contributed by atoms with Crippen LogP contribution < -0.4 is 5.32 Å². The third kappa shape index (κ3) is 5.58. The Labute approximate surface area is 162 Å². The van der Waals surface area contributed by atoms with Crippen molar-refractivity contribution in [2.45, 2.75) is 59.9 Å². The lowest BCUT2D eigenvalue weighted by molar-refractivity contribution is 0.392. The molecule has 2 heterocycles. The van der Waals surface area contributed by atoms with E-state index < -0.39 is 0 Å². The van der Waals surface area contributed by atoms with Gasteiger partial charge in [0.25, 0.3) is 0 Å². The molecule has 2 rings (SSSR count). The van der Waals surface area contributed by atoms with Crippen LogP contribution in [0.4, 0.5) is 0 Å². The van der Waals surface area contributed by atoms with Crippen molar-refractivity contribution in [1.82, 2.24) is 25.2 Å².